The van der Waals surface area contributed by atoms with Crippen LogP contribution in [0.3, 0.4) is 0 Å². The summed E-state index contributed by atoms with van der Waals surface area (Å²) >= 11 is 0. The van der Waals surface area contributed by atoms with Gasteiger partial charge >= 0.3 is 5.97 Å². The van der Waals surface area contributed by atoms with Gasteiger partial charge in [-0.05, 0) is 12.5 Å². The van der Waals surface area contributed by atoms with Gasteiger partial charge in [0.15, 0.2) is 0 Å². The Kier molecular flexibility index (Phi) is 4.00. The van der Waals surface area contributed by atoms with E-state index in [1.165, 1.54) is 12.8 Å². The second-order valence-corrected chi connectivity index (χ2v) is 3.71. The lowest BCUT2D eigenvalue weighted by molar-refractivity contribution is -0.140. The van der Waals surface area contributed by atoms with Crippen molar-refractivity contribution in [2.24, 2.45) is 5.92 Å². The Balaban J connectivity index is 2.28. The molecule has 74 valence electrons. The average molecular weight is 182 g/mol. The Hall–Kier alpha value is -0.790. The zero-order valence-electron chi connectivity index (χ0n) is 8.45. The van der Waals surface area contributed by atoms with E-state index < -0.39 is 0 Å². The Morgan fingerprint density at radius 1 is 1.62 bits per heavy atom. The summed E-state index contributed by atoms with van der Waals surface area (Å²) in [5, 5.41) is 0. The molecule has 1 aliphatic rings. The number of hydrogen-bond donors (Lipinski definition) is 0. The van der Waals surface area contributed by atoms with E-state index in [1.807, 2.05) is 6.08 Å². The van der Waals surface area contributed by atoms with Crippen LogP contribution in [0.1, 0.15) is 39.5 Å². The van der Waals surface area contributed by atoms with Crippen LogP contribution in [0.25, 0.3) is 0 Å². The van der Waals surface area contributed by atoms with Gasteiger partial charge in [0, 0.05) is 5.92 Å². The lowest BCUT2D eigenvalue weighted by Gasteiger charge is -2.07. The second-order valence-electron chi connectivity index (χ2n) is 3.71. The van der Waals surface area contributed by atoms with E-state index in [1.54, 1.807) is 0 Å². The van der Waals surface area contributed by atoms with E-state index in [2.05, 4.69) is 19.9 Å². The molecule has 2 unspecified atom stereocenters. The highest BCUT2D eigenvalue weighted by molar-refractivity contribution is 5.72. The molecule has 1 rings (SSSR count). The van der Waals surface area contributed by atoms with Crippen molar-refractivity contribution in [3.63, 3.8) is 0 Å². The Labute approximate surface area is 80.0 Å². The molecule has 0 radical (unpaired) electrons. The summed E-state index contributed by atoms with van der Waals surface area (Å²) in [6, 6.07) is 0. The van der Waals surface area contributed by atoms with E-state index >= 15 is 0 Å². The molecule has 2 atom stereocenters. The van der Waals surface area contributed by atoms with Crippen molar-refractivity contribution in [1.29, 1.82) is 0 Å². The van der Waals surface area contributed by atoms with Crippen molar-refractivity contribution < 1.29 is 9.53 Å². The van der Waals surface area contributed by atoms with Gasteiger partial charge in [-0.2, -0.15) is 0 Å². The maximum atomic E-state index is 10.9. The molecule has 0 saturated carbocycles. The first-order valence-electron chi connectivity index (χ1n) is 5.10. The van der Waals surface area contributed by atoms with Crippen molar-refractivity contribution in [3.8, 4) is 0 Å². The first-order chi connectivity index (χ1) is 6.24. The maximum Gasteiger partial charge on any atom is 0.306 e. The van der Waals surface area contributed by atoms with Gasteiger partial charge in [0.25, 0.3) is 0 Å². The van der Waals surface area contributed by atoms with Crippen molar-refractivity contribution in [2.45, 2.75) is 45.6 Å². The SMILES string of the molecule is CCCC/C=C/C1OC(=O)CC1C. The fourth-order valence-electron chi connectivity index (χ4n) is 1.48. The molecule has 1 heterocycles. The molecular formula is C11H18O2. The van der Waals surface area contributed by atoms with Crippen LogP contribution in [-0.2, 0) is 9.53 Å². The molecule has 0 aromatic carbocycles. The van der Waals surface area contributed by atoms with Crippen molar-refractivity contribution in [2.75, 3.05) is 0 Å². The molecule has 2 heteroatoms. The molecule has 0 aliphatic carbocycles. The Morgan fingerprint density at radius 2 is 2.38 bits per heavy atom. The van der Waals surface area contributed by atoms with Gasteiger partial charge in [0.2, 0.25) is 0 Å². The number of cyclic esters (lactones) is 1. The molecule has 13 heavy (non-hydrogen) atoms. The quantitative estimate of drug-likeness (QED) is 0.379. The molecule has 2 nitrogen and oxygen atoms in total. The number of carbonyl (C=O) groups is 1. The maximum absolute atomic E-state index is 10.9. The summed E-state index contributed by atoms with van der Waals surface area (Å²) in [6.45, 7) is 4.23. The van der Waals surface area contributed by atoms with Crippen molar-refractivity contribution in [3.05, 3.63) is 12.2 Å². The predicted molar refractivity (Wildman–Crippen MR) is 52.3 cm³/mol. The molecule has 1 fully saturated rings. The molecule has 1 saturated heterocycles. The first kappa shape index (κ1) is 10.3. The van der Waals surface area contributed by atoms with E-state index in [0.29, 0.717) is 12.3 Å². The van der Waals surface area contributed by atoms with Crippen LogP contribution in [0.4, 0.5) is 0 Å². The highest BCUT2D eigenvalue weighted by Crippen LogP contribution is 2.22. The molecular weight excluding hydrogens is 164 g/mol. The van der Waals surface area contributed by atoms with E-state index in [9.17, 15) is 4.79 Å². The topological polar surface area (TPSA) is 26.3 Å². The minimum atomic E-state index is -0.0577. The number of hydrogen-bond acceptors (Lipinski definition) is 2. The summed E-state index contributed by atoms with van der Waals surface area (Å²) in [5.41, 5.74) is 0. The monoisotopic (exact) mass is 182 g/mol. The molecule has 0 aromatic rings. The fraction of sp³-hybridized carbons (Fsp3) is 0.727. The van der Waals surface area contributed by atoms with Crippen molar-refractivity contribution >= 4 is 5.97 Å². The smallest absolute Gasteiger partial charge is 0.306 e. The van der Waals surface area contributed by atoms with Crippen LogP contribution < -0.4 is 0 Å². The number of esters is 1. The number of carbonyl (C=O) groups excluding carboxylic acids is 1. The molecule has 0 bridgehead atoms. The van der Waals surface area contributed by atoms with Gasteiger partial charge in [-0.25, -0.2) is 0 Å². The minimum Gasteiger partial charge on any atom is -0.458 e. The van der Waals surface area contributed by atoms with Gasteiger partial charge in [0.05, 0.1) is 6.42 Å². The largest absolute Gasteiger partial charge is 0.458 e. The number of rotatable bonds is 4. The number of ether oxygens (including phenoxy) is 1. The van der Waals surface area contributed by atoms with E-state index in [0.717, 1.165) is 6.42 Å². The lowest BCUT2D eigenvalue weighted by atomic mass is 10.0. The minimum absolute atomic E-state index is 0.0318. The summed E-state index contributed by atoms with van der Waals surface area (Å²) in [6.07, 6.45) is 8.29. The second kappa shape index (κ2) is 5.05. The predicted octanol–water partition coefficient (Wildman–Crippen LogP) is 2.68. The molecule has 0 aromatic heterocycles. The van der Waals surface area contributed by atoms with Gasteiger partial charge < -0.3 is 4.74 Å². The standard InChI is InChI=1S/C11H18O2/c1-3-4-5-6-7-10-9(2)8-11(12)13-10/h6-7,9-10H,3-5,8H2,1-2H3/b7-6+. The molecule has 0 amide bonds. The molecule has 0 N–H and O–H groups in total. The van der Waals surface area contributed by atoms with Crippen LogP contribution in [0.5, 0.6) is 0 Å². The summed E-state index contributed by atoms with van der Waals surface area (Å²) in [5.74, 6) is 0.294. The molecule has 1 aliphatic heterocycles. The van der Waals surface area contributed by atoms with Crippen LogP contribution in [-0.4, -0.2) is 12.1 Å². The summed E-state index contributed by atoms with van der Waals surface area (Å²) in [7, 11) is 0. The Bertz CT molecular complexity index is 196. The molecule has 0 spiro atoms. The van der Waals surface area contributed by atoms with Crippen LogP contribution in [0, 0.1) is 5.92 Å². The van der Waals surface area contributed by atoms with Crippen LogP contribution >= 0.6 is 0 Å². The van der Waals surface area contributed by atoms with Gasteiger partial charge in [-0.15, -0.1) is 0 Å². The average Bonchev–Trinajstić information content (AvgIpc) is 2.39. The van der Waals surface area contributed by atoms with Crippen LogP contribution in [0.15, 0.2) is 12.2 Å². The summed E-state index contributed by atoms with van der Waals surface area (Å²) in [4.78, 5) is 10.9. The normalized spacial score (nSPS) is 28.3. The van der Waals surface area contributed by atoms with Crippen LogP contribution in [0.2, 0.25) is 0 Å². The number of unbranched alkanes of at least 4 members (excludes halogenated alkanes) is 2. The Morgan fingerprint density at radius 3 is 2.92 bits per heavy atom. The van der Waals surface area contributed by atoms with Gasteiger partial charge in [-0.3, -0.25) is 4.79 Å². The van der Waals surface area contributed by atoms with Gasteiger partial charge in [-0.1, -0.05) is 32.8 Å². The number of allylic oxidation sites excluding steroid dienone is 1. The van der Waals surface area contributed by atoms with Crippen molar-refractivity contribution in [1.82, 2.24) is 0 Å². The highest BCUT2D eigenvalue weighted by atomic mass is 16.5. The fourth-order valence-corrected chi connectivity index (χ4v) is 1.48. The zero-order chi connectivity index (χ0) is 9.68. The third-order valence-corrected chi connectivity index (χ3v) is 2.37. The van der Waals surface area contributed by atoms with Gasteiger partial charge in [0.1, 0.15) is 6.10 Å². The van der Waals surface area contributed by atoms with E-state index in [4.69, 9.17) is 4.74 Å². The van der Waals surface area contributed by atoms with E-state index in [-0.39, 0.29) is 12.1 Å². The zero-order valence-corrected chi connectivity index (χ0v) is 8.45. The highest BCUT2D eigenvalue weighted by Gasteiger charge is 2.28. The first-order valence-corrected chi connectivity index (χ1v) is 5.10. The lowest BCUT2D eigenvalue weighted by Crippen LogP contribution is -2.09. The summed E-state index contributed by atoms with van der Waals surface area (Å²) < 4.78 is 5.13. The third-order valence-electron chi connectivity index (χ3n) is 2.37. The third kappa shape index (κ3) is 3.21.